The fourth-order valence-electron chi connectivity index (χ4n) is 6.05. The SMILES string of the molecule is C=C/C=C\[C@H](C)[C@@H]1OC(=O)/C=C\C=C\[C@@H](C)[C@@H](O)C[C@H](O)/C=C\[C@H](C)[C@H](O)[C@@H](C)C[C@@H](C)CC[C@@H](OCc2ccc(O)cc2)[C@@H]1C. The Hall–Kier alpha value is -2.97. The van der Waals surface area contributed by atoms with Crippen LogP contribution in [0.5, 0.6) is 5.75 Å². The van der Waals surface area contributed by atoms with Crippen LogP contribution in [0.3, 0.4) is 0 Å². The zero-order valence-electron chi connectivity index (χ0n) is 28.6. The van der Waals surface area contributed by atoms with E-state index >= 15 is 0 Å². The summed E-state index contributed by atoms with van der Waals surface area (Å²) in [6.07, 6.45) is 15.1. The number of carbonyl (C=O) groups excluding carboxylic acids is 1. The van der Waals surface area contributed by atoms with Crippen molar-refractivity contribution in [1.29, 1.82) is 0 Å². The van der Waals surface area contributed by atoms with E-state index in [4.69, 9.17) is 9.47 Å². The summed E-state index contributed by atoms with van der Waals surface area (Å²) in [4.78, 5) is 13.1. The van der Waals surface area contributed by atoms with Crippen LogP contribution >= 0.6 is 0 Å². The molecule has 1 aliphatic heterocycles. The van der Waals surface area contributed by atoms with Crippen molar-refractivity contribution in [3.63, 3.8) is 0 Å². The second kappa shape index (κ2) is 20.3. The van der Waals surface area contributed by atoms with E-state index in [1.807, 2.05) is 51.1 Å². The molecule has 0 unspecified atom stereocenters. The summed E-state index contributed by atoms with van der Waals surface area (Å²) in [6, 6.07) is 6.95. The normalized spacial score (nSPS) is 35.6. The van der Waals surface area contributed by atoms with Crippen LogP contribution in [0.4, 0.5) is 0 Å². The van der Waals surface area contributed by atoms with Crippen LogP contribution in [-0.2, 0) is 20.9 Å². The molecule has 11 atom stereocenters. The van der Waals surface area contributed by atoms with Crippen molar-refractivity contribution >= 4 is 5.97 Å². The molecule has 0 bridgehead atoms. The fourth-order valence-corrected chi connectivity index (χ4v) is 6.05. The zero-order chi connectivity index (χ0) is 34.2. The van der Waals surface area contributed by atoms with Crippen LogP contribution in [0.15, 0.2) is 85.5 Å². The highest BCUT2D eigenvalue weighted by Crippen LogP contribution is 2.30. The van der Waals surface area contributed by atoms with Gasteiger partial charge in [-0.15, -0.1) is 0 Å². The molecular formula is C39H58O7. The standard InChI is InChI=1S/C39H58O7/c1-8-9-12-29(5)39-31(7)36(45-25-32-17-20-33(40)21-18-32)22-15-26(2)23-30(6)38(44)28(4)16-19-34(41)24-35(42)27(3)13-10-11-14-37(43)46-39/h8-14,16-21,26-31,34-36,38-42,44H,1,15,22-25H2,2-7H3/b12-9-,13-10+,14-11-,19-16-/t26-,27+,28-,29-,30-,31-,34+,35-,36+,38-,39-/m0/s1. The molecule has 0 aromatic heterocycles. The average molecular weight is 639 g/mol. The third kappa shape index (κ3) is 13.8. The molecule has 0 saturated heterocycles. The molecular weight excluding hydrogens is 580 g/mol. The van der Waals surface area contributed by atoms with Crippen LogP contribution < -0.4 is 0 Å². The zero-order valence-corrected chi connectivity index (χ0v) is 28.6. The van der Waals surface area contributed by atoms with Gasteiger partial charge in [-0.05, 0) is 48.8 Å². The number of benzene rings is 1. The van der Waals surface area contributed by atoms with Gasteiger partial charge < -0.3 is 29.9 Å². The first-order chi connectivity index (χ1) is 21.8. The predicted octanol–water partition coefficient (Wildman–Crippen LogP) is 7.07. The number of aliphatic hydroxyl groups is 3. The van der Waals surface area contributed by atoms with Gasteiger partial charge in [0, 0.05) is 36.2 Å². The number of ether oxygens (including phenoxy) is 2. The minimum Gasteiger partial charge on any atom is -0.508 e. The maximum Gasteiger partial charge on any atom is 0.331 e. The second-order valence-corrected chi connectivity index (χ2v) is 13.4. The summed E-state index contributed by atoms with van der Waals surface area (Å²) >= 11 is 0. The average Bonchev–Trinajstić information content (AvgIpc) is 3.02. The summed E-state index contributed by atoms with van der Waals surface area (Å²) in [5.41, 5.74) is 0.933. The number of aromatic hydroxyl groups is 1. The number of cyclic esters (lactones) is 1. The second-order valence-electron chi connectivity index (χ2n) is 13.4. The molecule has 4 N–H and O–H groups in total. The van der Waals surface area contributed by atoms with Crippen LogP contribution in [0.1, 0.15) is 72.8 Å². The van der Waals surface area contributed by atoms with Crippen molar-refractivity contribution in [1.82, 2.24) is 0 Å². The summed E-state index contributed by atoms with van der Waals surface area (Å²) in [5.74, 6) is -0.644. The van der Waals surface area contributed by atoms with Crippen molar-refractivity contribution in [2.24, 2.45) is 35.5 Å². The minimum atomic E-state index is -0.840. The van der Waals surface area contributed by atoms with E-state index in [0.717, 1.165) is 24.8 Å². The van der Waals surface area contributed by atoms with E-state index in [-0.39, 0.29) is 47.9 Å². The number of phenolic OH excluding ortho intramolecular Hbond substituents is 1. The fraction of sp³-hybridized carbons (Fsp3) is 0.564. The van der Waals surface area contributed by atoms with Crippen molar-refractivity contribution in [3.8, 4) is 5.75 Å². The van der Waals surface area contributed by atoms with Gasteiger partial charge in [0.2, 0.25) is 0 Å². The first-order valence-corrected chi connectivity index (χ1v) is 16.8. The van der Waals surface area contributed by atoms with Crippen molar-refractivity contribution in [2.45, 2.75) is 104 Å². The van der Waals surface area contributed by atoms with Crippen molar-refractivity contribution < 1.29 is 34.7 Å². The lowest BCUT2D eigenvalue weighted by atomic mass is 9.82. The molecule has 256 valence electrons. The molecule has 1 aliphatic rings. The monoisotopic (exact) mass is 638 g/mol. The first kappa shape index (κ1) is 39.2. The van der Waals surface area contributed by atoms with E-state index < -0.39 is 30.4 Å². The van der Waals surface area contributed by atoms with E-state index in [9.17, 15) is 25.2 Å². The lowest BCUT2D eigenvalue weighted by Gasteiger charge is -2.34. The molecule has 0 amide bonds. The summed E-state index contributed by atoms with van der Waals surface area (Å²) in [7, 11) is 0. The molecule has 7 heteroatoms. The maximum absolute atomic E-state index is 13.1. The number of esters is 1. The van der Waals surface area contributed by atoms with Crippen molar-refractivity contribution in [2.75, 3.05) is 0 Å². The molecule has 1 aromatic carbocycles. The molecule has 0 saturated carbocycles. The van der Waals surface area contributed by atoms with Gasteiger partial charge >= 0.3 is 5.97 Å². The van der Waals surface area contributed by atoms with Gasteiger partial charge in [0.1, 0.15) is 11.9 Å². The maximum atomic E-state index is 13.1. The van der Waals surface area contributed by atoms with Gasteiger partial charge in [0.05, 0.1) is 31.0 Å². The molecule has 1 aromatic rings. The summed E-state index contributed by atoms with van der Waals surface area (Å²) in [5, 5.41) is 41.9. The highest BCUT2D eigenvalue weighted by molar-refractivity contribution is 5.82. The molecule has 0 radical (unpaired) electrons. The predicted molar refractivity (Wildman–Crippen MR) is 185 cm³/mol. The third-order valence-corrected chi connectivity index (χ3v) is 9.15. The van der Waals surface area contributed by atoms with Crippen LogP contribution in [0.2, 0.25) is 0 Å². The molecule has 7 nitrogen and oxygen atoms in total. The Morgan fingerprint density at radius 2 is 1.65 bits per heavy atom. The van der Waals surface area contributed by atoms with Crippen LogP contribution in [0.25, 0.3) is 0 Å². The summed E-state index contributed by atoms with van der Waals surface area (Å²) in [6.45, 7) is 16.2. The Morgan fingerprint density at radius 3 is 2.33 bits per heavy atom. The molecule has 0 spiro atoms. The van der Waals surface area contributed by atoms with Gasteiger partial charge in [-0.2, -0.15) is 0 Å². The minimum absolute atomic E-state index is 0.0266. The molecule has 0 fully saturated rings. The Bertz CT molecular complexity index is 1150. The van der Waals surface area contributed by atoms with Crippen LogP contribution in [0, 0.1) is 35.5 Å². The highest BCUT2D eigenvalue weighted by Gasteiger charge is 2.33. The quantitative estimate of drug-likeness (QED) is 0.150. The molecule has 0 aliphatic carbocycles. The van der Waals surface area contributed by atoms with Gasteiger partial charge in [0.25, 0.3) is 0 Å². The number of rotatable bonds is 6. The Labute approximate surface area is 277 Å². The molecule has 46 heavy (non-hydrogen) atoms. The van der Waals surface area contributed by atoms with E-state index in [0.29, 0.717) is 12.5 Å². The third-order valence-electron chi connectivity index (χ3n) is 9.15. The number of aliphatic hydroxyl groups excluding tert-OH is 3. The topological polar surface area (TPSA) is 116 Å². The lowest BCUT2D eigenvalue weighted by Crippen LogP contribution is -2.38. The first-order valence-electron chi connectivity index (χ1n) is 16.8. The number of allylic oxidation sites excluding steroid dienone is 4. The van der Waals surface area contributed by atoms with E-state index in [1.165, 1.54) is 6.08 Å². The number of phenols is 1. The van der Waals surface area contributed by atoms with Gasteiger partial charge in [-0.3, -0.25) is 0 Å². The van der Waals surface area contributed by atoms with E-state index in [1.54, 1.807) is 42.5 Å². The Balaban J connectivity index is 2.40. The smallest absolute Gasteiger partial charge is 0.331 e. The molecule has 1 heterocycles. The van der Waals surface area contributed by atoms with Crippen LogP contribution in [-0.4, -0.2) is 56.9 Å². The summed E-state index contributed by atoms with van der Waals surface area (Å²) < 4.78 is 12.6. The largest absolute Gasteiger partial charge is 0.508 e. The number of hydrogen-bond acceptors (Lipinski definition) is 7. The highest BCUT2D eigenvalue weighted by atomic mass is 16.5. The molecule has 2 rings (SSSR count). The van der Waals surface area contributed by atoms with E-state index in [2.05, 4.69) is 27.4 Å². The Kier molecular flexibility index (Phi) is 17.3. The lowest BCUT2D eigenvalue weighted by molar-refractivity contribution is -0.152. The van der Waals surface area contributed by atoms with Gasteiger partial charge in [0.15, 0.2) is 0 Å². The Morgan fingerprint density at radius 1 is 0.957 bits per heavy atom. The number of hydrogen-bond donors (Lipinski definition) is 4. The van der Waals surface area contributed by atoms with Gasteiger partial charge in [-0.25, -0.2) is 4.79 Å². The van der Waals surface area contributed by atoms with Gasteiger partial charge in [-0.1, -0.05) is 109 Å². The van der Waals surface area contributed by atoms with Crippen molar-refractivity contribution in [3.05, 3.63) is 91.1 Å². The number of carbonyl (C=O) groups is 1.